The van der Waals surface area contributed by atoms with E-state index in [0.29, 0.717) is 5.92 Å². The van der Waals surface area contributed by atoms with E-state index in [9.17, 15) is 26.3 Å². The molecule has 0 aliphatic carbocycles. The SMILES string of the molecule is O=C(O)C(F)(F)F.O=C(O)C(F)(F)F.c1ccc(-c2ccc3nc(C4CCN(Cc5ccccn5)CC4)nn3c2)cc1. The summed E-state index contributed by atoms with van der Waals surface area (Å²) >= 11 is 0. The van der Waals surface area contributed by atoms with Gasteiger partial charge in [-0.3, -0.25) is 9.88 Å². The number of aliphatic carboxylic acids is 2. The largest absolute Gasteiger partial charge is 0.490 e. The van der Waals surface area contributed by atoms with Gasteiger partial charge in [-0.2, -0.15) is 31.4 Å². The molecule has 224 valence electrons. The standard InChI is InChI=1S/C23H23N5.2C2HF3O2/c1-2-6-18(7-3-1)20-9-10-22-25-23(26-28(22)16-20)19-11-14-27(15-12-19)17-21-8-4-5-13-24-21;2*3-2(4,5)1(6)7/h1-10,13,16,19H,11-12,14-15,17H2;2*(H,6,7). The molecule has 4 heterocycles. The maximum absolute atomic E-state index is 10.6. The van der Waals surface area contributed by atoms with Crippen LogP contribution in [0.4, 0.5) is 26.3 Å². The van der Waals surface area contributed by atoms with Gasteiger partial charge < -0.3 is 10.2 Å². The van der Waals surface area contributed by atoms with Crippen LogP contribution in [0.1, 0.15) is 30.3 Å². The summed E-state index contributed by atoms with van der Waals surface area (Å²) in [5, 5.41) is 19.1. The Labute approximate surface area is 235 Å². The molecular formula is C27H25F6N5O4. The molecule has 0 atom stereocenters. The molecule has 2 N–H and O–H groups in total. The molecule has 1 fully saturated rings. The van der Waals surface area contributed by atoms with Gasteiger partial charge in [-0.15, -0.1) is 0 Å². The van der Waals surface area contributed by atoms with E-state index in [0.717, 1.165) is 55.2 Å². The number of alkyl halides is 6. The van der Waals surface area contributed by atoms with Crippen molar-refractivity contribution >= 4 is 17.6 Å². The number of carboxylic acid groups (broad SMARTS) is 2. The number of fused-ring (bicyclic) bond motifs is 1. The Bertz CT molecular complexity index is 1430. The number of carbonyl (C=O) groups is 2. The average molecular weight is 598 g/mol. The summed E-state index contributed by atoms with van der Waals surface area (Å²) in [6, 6.07) is 20.7. The number of hydrogen-bond donors (Lipinski definition) is 2. The second-order valence-electron chi connectivity index (χ2n) is 9.03. The van der Waals surface area contributed by atoms with Crippen molar-refractivity contribution in [2.24, 2.45) is 0 Å². The minimum absolute atomic E-state index is 0.431. The zero-order valence-corrected chi connectivity index (χ0v) is 21.8. The highest BCUT2D eigenvalue weighted by Gasteiger charge is 2.38. The van der Waals surface area contributed by atoms with Crippen LogP contribution in [0.3, 0.4) is 0 Å². The lowest BCUT2D eigenvalue weighted by molar-refractivity contribution is -0.193. The molecule has 4 aromatic rings. The first-order valence-corrected chi connectivity index (χ1v) is 12.4. The smallest absolute Gasteiger partial charge is 0.475 e. The third kappa shape index (κ3) is 9.54. The number of aromatic nitrogens is 4. The van der Waals surface area contributed by atoms with Gasteiger partial charge in [0, 0.05) is 30.4 Å². The fourth-order valence-corrected chi connectivity index (χ4v) is 3.94. The lowest BCUT2D eigenvalue weighted by atomic mass is 9.96. The number of hydrogen-bond acceptors (Lipinski definition) is 6. The molecule has 0 unspecified atom stereocenters. The van der Waals surface area contributed by atoms with Gasteiger partial charge in [0.25, 0.3) is 0 Å². The Morgan fingerprint density at radius 3 is 1.90 bits per heavy atom. The summed E-state index contributed by atoms with van der Waals surface area (Å²) in [4.78, 5) is 29.5. The van der Waals surface area contributed by atoms with Gasteiger partial charge in [0.05, 0.1) is 5.69 Å². The molecule has 42 heavy (non-hydrogen) atoms. The van der Waals surface area contributed by atoms with Crippen LogP contribution in [-0.4, -0.2) is 72.1 Å². The van der Waals surface area contributed by atoms with Crippen molar-refractivity contribution in [1.82, 2.24) is 24.5 Å². The predicted octanol–water partition coefficient (Wildman–Crippen LogP) is 5.44. The molecule has 0 spiro atoms. The Morgan fingerprint density at radius 2 is 1.38 bits per heavy atom. The third-order valence-corrected chi connectivity index (χ3v) is 6.00. The van der Waals surface area contributed by atoms with Crippen LogP contribution in [0.5, 0.6) is 0 Å². The lowest BCUT2D eigenvalue weighted by Crippen LogP contribution is -2.33. The van der Waals surface area contributed by atoms with E-state index >= 15 is 0 Å². The summed E-state index contributed by atoms with van der Waals surface area (Å²) in [7, 11) is 0. The second kappa shape index (κ2) is 13.9. The van der Waals surface area contributed by atoms with E-state index in [1.807, 2.05) is 22.8 Å². The highest BCUT2D eigenvalue weighted by molar-refractivity contribution is 5.73. The number of likely N-dealkylation sites (tertiary alicyclic amines) is 1. The molecular weight excluding hydrogens is 572 g/mol. The molecule has 3 aromatic heterocycles. The van der Waals surface area contributed by atoms with Gasteiger partial charge in [-0.1, -0.05) is 36.4 Å². The van der Waals surface area contributed by atoms with Crippen molar-refractivity contribution in [3.05, 3.63) is 84.6 Å². The average Bonchev–Trinajstić information content (AvgIpc) is 3.38. The topological polar surface area (TPSA) is 121 Å². The quantitative estimate of drug-likeness (QED) is 0.299. The molecule has 0 bridgehead atoms. The number of pyridine rings is 2. The van der Waals surface area contributed by atoms with Crippen molar-refractivity contribution in [2.75, 3.05) is 13.1 Å². The van der Waals surface area contributed by atoms with Crippen molar-refractivity contribution in [3.63, 3.8) is 0 Å². The summed E-state index contributed by atoms with van der Waals surface area (Å²) in [5.74, 6) is -4.11. The zero-order chi connectivity index (χ0) is 30.9. The molecule has 0 saturated carbocycles. The molecule has 9 nitrogen and oxygen atoms in total. The number of benzene rings is 1. The van der Waals surface area contributed by atoms with Crippen LogP contribution in [0.25, 0.3) is 16.8 Å². The maximum Gasteiger partial charge on any atom is 0.490 e. The van der Waals surface area contributed by atoms with E-state index in [4.69, 9.17) is 29.9 Å². The van der Waals surface area contributed by atoms with Crippen LogP contribution in [0, 0.1) is 0 Å². The number of carboxylic acids is 2. The number of halogens is 6. The number of nitrogens with zero attached hydrogens (tertiary/aromatic N) is 5. The molecule has 1 aliphatic heterocycles. The third-order valence-electron chi connectivity index (χ3n) is 6.00. The van der Waals surface area contributed by atoms with E-state index < -0.39 is 24.3 Å². The zero-order valence-electron chi connectivity index (χ0n) is 21.8. The first-order valence-electron chi connectivity index (χ1n) is 12.4. The minimum Gasteiger partial charge on any atom is -0.475 e. The van der Waals surface area contributed by atoms with E-state index in [1.54, 1.807) is 0 Å². The van der Waals surface area contributed by atoms with Gasteiger partial charge in [0.1, 0.15) is 0 Å². The van der Waals surface area contributed by atoms with Crippen LogP contribution in [-0.2, 0) is 16.1 Å². The molecule has 0 radical (unpaired) electrons. The monoisotopic (exact) mass is 597 g/mol. The molecule has 1 aromatic carbocycles. The van der Waals surface area contributed by atoms with Crippen LogP contribution >= 0.6 is 0 Å². The Kier molecular flexibility index (Phi) is 10.6. The molecule has 0 amide bonds. The Hall–Kier alpha value is -4.53. The fraction of sp³-hybridized carbons (Fsp3) is 0.296. The van der Waals surface area contributed by atoms with Gasteiger partial charge in [-0.05, 0) is 55.8 Å². The molecule has 1 aliphatic rings. The van der Waals surface area contributed by atoms with Crippen molar-refractivity contribution < 1.29 is 46.1 Å². The van der Waals surface area contributed by atoms with Gasteiger partial charge in [0.2, 0.25) is 0 Å². The Morgan fingerprint density at radius 1 is 0.810 bits per heavy atom. The molecule has 1 saturated heterocycles. The minimum atomic E-state index is -5.08. The van der Waals surface area contributed by atoms with Crippen molar-refractivity contribution in [3.8, 4) is 11.1 Å². The van der Waals surface area contributed by atoms with Crippen LogP contribution in [0.15, 0.2) is 73.1 Å². The van der Waals surface area contributed by atoms with Crippen LogP contribution in [0.2, 0.25) is 0 Å². The van der Waals surface area contributed by atoms with Gasteiger partial charge >= 0.3 is 24.3 Å². The second-order valence-corrected chi connectivity index (χ2v) is 9.03. The Balaban J connectivity index is 0.000000289. The van der Waals surface area contributed by atoms with E-state index in [1.165, 1.54) is 5.56 Å². The highest BCUT2D eigenvalue weighted by Crippen LogP contribution is 2.27. The van der Waals surface area contributed by atoms with Crippen molar-refractivity contribution in [2.45, 2.75) is 37.7 Å². The number of piperidine rings is 1. The van der Waals surface area contributed by atoms with Crippen molar-refractivity contribution in [1.29, 1.82) is 0 Å². The normalized spacial score (nSPS) is 14.3. The first kappa shape index (κ1) is 32.0. The molecule has 5 rings (SSSR count). The number of rotatable bonds is 4. The fourth-order valence-electron chi connectivity index (χ4n) is 3.94. The van der Waals surface area contributed by atoms with Crippen LogP contribution < -0.4 is 0 Å². The first-order chi connectivity index (χ1) is 19.7. The summed E-state index contributed by atoms with van der Waals surface area (Å²) in [5.41, 5.74) is 4.42. The van der Waals surface area contributed by atoms with E-state index in [-0.39, 0.29) is 0 Å². The van der Waals surface area contributed by atoms with Gasteiger partial charge in [-0.25, -0.2) is 19.1 Å². The predicted molar refractivity (Wildman–Crippen MR) is 137 cm³/mol. The highest BCUT2D eigenvalue weighted by atomic mass is 19.4. The summed E-state index contributed by atoms with van der Waals surface area (Å²) < 4.78 is 65.4. The summed E-state index contributed by atoms with van der Waals surface area (Å²) in [6.45, 7) is 3.05. The summed E-state index contributed by atoms with van der Waals surface area (Å²) in [6.07, 6.45) is -4.03. The van der Waals surface area contributed by atoms with E-state index in [2.05, 4.69) is 64.6 Å². The molecule has 15 heteroatoms. The lowest BCUT2D eigenvalue weighted by Gasteiger charge is -2.30. The maximum atomic E-state index is 10.6. The van der Waals surface area contributed by atoms with Gasteiger partial charge in [0.15, 0.2) is 11.5 Å².